The van der Waals surface area contributed by atoms with Crippen molar-refractivity contribution in [3.05, 3.63) is 29.3 Å². The summed E-state index contributed by atoms with van der Waals surface area (Å²) in [6.07, 6.45) is 7.31. The highest BCUT2D eigenvalue weighted by molar-refractivity contribution is 8.00. The molecule has 20 heavy (non-hydrogen) atoms. The lowest BCUT2D eigenvalue weighted by Gasteiger charge is -2.19. The second-order valence-corrected chi connectivity index (χ2v) is 7.18. The van der Waals surface area contributed by atoms with Gasteiger partial charge >= 0.3 is 0 Å². The molecule has 1 aliphatic rings. The fraction of sp³-hybridized carbons (Fsp3) is 0.562. The summed E-state index contributed by atoms with van der Waals surface area (Å²) in [7, 11) is 0. The molecule has 0 aliphatic heterocycles. The number of nitrogens with one attached hydrogen (secondary N) is 1. The number of thioether (sulfide) groups is 1. The first-order valence-corrected chi connectivity index (χ1v) is 8.64. The molecular formula is C16H22ClNOS. The van der Waals surface area contributed by atoms with E-state index in [1.165, 1.54) is 37.4 Å². The summed E-state index contributed by atoms with van der Waals surface area (Å²) in [4.78, 5) is 13.2. The zero-order chi connectivity index (χ0) is 14.4. The molecule has 0 spiro atoms. The van der Waals surface area contributed by atoms with Gasteiger partial charge in [0.25, 0.3) is 0 Å². The average molecular weight is 312 g/mol. The molecule has 1 amide bonds. The van der Waals surface area contributed by atoms with E-state index < -0.39 is 0 Å². The normalized spacial score (nSPS) is 18.3. The van der Waals surface area contributed by atoms with Crippen molar-refractivity contribution in [3.63, 3.8) is 0 Å². The molecule has 110 valence electrons. The standard InChI is InChI=1S/C16H22ClNOS/c1-12(20-15-11-7-6-10-14(15)17)16(19)18-13-8-4-2-3-5-9-13/h6-7,10-13H,2-5,8-9H2,1H3,(H,18,19)/t12-/m1/s1. The summed E-state index contributed by atoms with van der Waals surface area (Å²) in [6, 6.07) is 8.04. The Kier molecular flexibility index (Phi) is 6.24. The summed E-state index contributed by atoms with van der Waals surface area (Å²) >= 11 is 7.66. The number of hydrogen-bond acceptors (Lipinski definition) is 2. The van der Waals surface area contributed by atoms with Gasteiger partial charge in [-0.3, -0.25) is 4.79 Å². The Labute approximate surface area is 130 Å². The number of carbonyl (C=O) groups is 1. The molecule has 0 bridgehead atoms. The molecule has 1 N–H and O–H groups in total. The number of halogens is 1. The zero-order valence-corrected chi connectivity index (χ0v) is 13.5. The first kappa shape index (κ1) is 15.7. The molecule has 1 aromatic rings. The smallest absolute Gasteiger partial charge is 0.233 e. The first-order valence-electron chi connectivity index (χ1n) is 7.38. The molecule has 1 saturated carbocycles. The summed E-state index contributed by atoms with van der Waals surface area (Å²) in [5.41, 5.74) is 0. The van der Waals surface area contributed by atoms with E-state index in [0.29, 0.717) is 11.1 Å². The quantitative estimate of drug-likeness (QED) is 0.647. The Morgan fingerprint density at radius 2 is 1.90 bits per heavy atom. The molecule has 0 saturated heterocycles. The van der Waals surface area contributed by atoms with Crippen LogP contribution in [-0.2, 0) is 4.79 Å². The molecule has 1 atom stereocenters. The topological polar surface area (TPSA) is 29.1 Å². The van der Waals surface area contributed by atoms with Crippen LogP contribution in [0.2, 0.25) is 5.02 Å². The van der Waals surface area contributed by atoms with Crippen LogP contribution in [0.25, 0.3) is 0 Å². The van der Waals surface area contributed by atoms with E-state index in [4.69, 9.17) is 11.6 Å². The molecular weight excluding hydrogens is 290 g/mol. The van der Waals surface area contributed by atoms with Crippen LogP contribution in [0, 0.1) is 0 Å². The van der Waals surface area contributed by atoms with Crippen molar-refractivity contribution in [2.75, 3.05) is 0 Å². The van der Waals surface area contributed by atoms with Crippen molar-refractivity contribution < 1.29 is 4.79 Å². The van der Waals surface area contributed by atoms with E-state index in [-0.39, 0.29) is 11.2 Å². The zero-order valence-electron chi connectivity index (χ0n) is 11.9. The highest BCUT2D eigenvalue weighted by atomic mass is 35.5. The third kappa shape index (κ3) is 4.71. The van der Waals surface area contributed by atoms with Gasteiger partial charge in [0.05, 0.1) is 10.3 Å². The molecule has 4 heteroatoms. The second kappa shape index (κ2) is 7.94. The number of amides is 1. The predicted octanol–water partition coefficient (Wildman–Crippen LogP) is 4.66. The molecule has 1 fully saturated rings. The van der Waals surface area contributed by atoms with Gasteiger partial charge in [-0.15, -0.1) is 11.8 Å². The molecule has 0 radical (unpaired) electrons. The number of carbonyl (C=O) groups excluding carboxylic acids is 1. The van der Waals surface area contributed by atoms with Crippen molar-refractivity contribution in [2.24, 2.45) is 0 Å². The van der Waals surface area contributed by atoms with Crippen LogP contribution >= 0.6 is 23.4 Å². The fourth-order valence-electron chi connectivity index (χ4n) is 2.53. The van der Waals surface area contributed by atoms with Gasteiger partial charge in [0.2, 0.25) is 5.91 Å². The monoisotopic (exact) mass is 311 g/mol. The Morgan fingerprint density at radius 1 is 1.25 bits per heavy atom. The highest BCUT2D eigenvalue weighted by Crippen LogP contribution is 2.30. The maximum atomic E-state index is 12.3. The van der Waals surface area contributed by atoms with E-state index in [1.807, 2.05) is 31.2 Å². The first-order chi connectivity index (χ1) is 9.66. The maximum absolute atomic E-state index is 12.3. The molecule has 1 aromatic carbocycles. The van der Waals surface area contributed by atoms with Crippen LogP contribution in [-0.4, -0.2) is 17.2 Å². The van der Waals surface area contributed by atoms with Gasteiger partial charge in [-0.2, -0.15) is 0 Å². The molecule has 0 heterocycles. The van der Waals surface area contributed by atoms with Crippen molar-refractivity contribution >= 4 is 29.3 Å². The third-order valence-electron chi connectivity index (χ3n) is 3.71. The second-order valence-electron chi connectivity index (χ2n) is 5.39. The van der Waals surface area contributed by atoms with Crippen molar-refractivity contribution in [2.45, 2.75) is 61.6 Å². The lowest BCUT2D eigenvalue weighted by Crippen LogP contribution is -2.39. The number of benzene rings is 1. The summed E-state index contributed by atoms with van der Waals surface area (Å²) in [6.45, 7) is 1.94. The third-order valence-corrected chi connectivity index (χ3v) is 5.33. The maximum Gasteiger partial charge on any atom is 0.233 e. The Hall–Kier alpha value is -0.670. The van der Waals surface area contributed by atoms with E-state index in [1.54, 1.807) is 0 Å². The fourth-order valence-corrected chi connectivity index (χ4v) is 3.69. The predicted molar refractivity (Wildman–Crippen MR) is 86.4 cm³/mol. The molecule has 1 aliphatic carbocycles. The average Bonchev–Trinajstić information content (AvgIpc) is 2.70. The van der Waals surface area contributed by atoms with Crippen molar-refractivity contribution in [3.8, 4) is 0 Å². The van der Waals surface area contributed by atoms with Crippen LogP contribution in [0.1, 0.15) is 45.4 Å². The van der Waals surface area contributed by atoms with Crippen LogP contribution in [0.5, 0.6) is 0 Å². The van der Waals surface area contributed by atoms with Crippen molar-refractivity contribution in [1.29, 1.82) is 0 Å². The van der Waals surface area contributed by atoms with Gasteiger partial charge < -0.3 is 5.32 Å². The summed E-state index contributed by atoms with van der Waals surface area (Å²) in [5.74, 6) is 0.127. The molecule has 2 rings (SSSR count). The van der Waals surface area contributed by atoms with Gasteiger partial charge in [-0.1, -0.05) is 49.4 Å². The van der Waals surface area contributed by atoms with Crippen LogP contribution in [0.3, 0.4) is 0 Å². The van der Waals surface area contributed by atoms with Crippen LogP contribution in [0.4, 0.5) is 0 Å². The van der Waals surface area contributed by atoms with Gasteiger partial charge in [-0.05, 0) is 31.9 Å². The van der Waals surface area contributed by atoms with Crippen molar-refractivity contribution in [1.82, 2.24) is 5.32 Å². The van der Waals surface area contributed by atoms with Gasteiger partial charge in [0.15, 0.2) is 0 Å². The van der Waals surface area contributed by atoms with Gasteiger partial charge in [0, 0.05) is 10.9 Å². The minimum Gasteiger partial charge on any atom is -0.352 e. The Balaban J connectivity index is 1.87. The molecule has 2 nitrogen and oxygen atoms in total. The Morgan fingerprint density at radius 3 is 2.55 bits per heavy atom. The van der Waals surface area contributed by atoms with Gasteiger partial charge in [0.1, 0.15) is 0 Å². The minimum absolute atomic E-state index is 0.113. The molecule has 0 aromatic heterocycles. The SMILES string of the molecule is C[C@@H](Sc1ccccc1Cl)C(=O)NC1CCCCCC1. The lowest BCUT2D eigenvalue weighted by molar-refractivity contribution is -0.121. The van der Waals surface area contributed by atoms with E-state index >= 15 is 0 Å². The van der Waals surface area contributed by atoms with Crippen LogP contribution < -0.4 is 5.32 Å². The molecule has 0 unspecified atom stereocenters. The lowest BCUT2D eigenvalue weighted by atomic mass is 10.1. The largest absolute Gasteiger partial charge is 0.352 e. The summed E-state index contributed by atoms with van der Waals surface area (Å²) in [5, 5.41) is 3.80. The number of hydrogen-bond donors (Lipinski definition) is 1. The minimum atomic E-state index is -0.113. The van der Waals surface area contributed by atoms with E-state index in [0.717, 1.165) is 17.7 Å². The van der Waals surface area contributed by atoms with Gasteiger partial charge in [-0.25, -0.2) is 0 Å². The van der Waals surface area contributed by atoms with E-state index in [9.17, 15) is 4.79 Å². The highest BCUT2D eigenvalue weighted by Gasteiger charge is 2.20. The Bertz CT molecular complexity index is 444. The van der Waals surface area contributed by atoms with Crippen LogP contribution in [0.15, 0.2) is 29.2 Å². The van der Waals surface area contributed by atoms with E-state index in [2.05, 4.69) is 5.32 Å². The summed E-state index contributed by atoms with van der Waals surface area (Å²) < 4.78 is 0. The number of rotatable bonds is 4.